The van der Waals surface area contributed by atoms with Crippen LogP contribution in [0.3, 0.4) is 0 Å². The van der Waals surface area contributed by atoms with Crippen LogP contribution in [0.5, 0.6) is 0 Å². The summed E-state index contributed by atoms with van der Waals surface area (Å²) in [5.41, 5.74) is 0. The quantitative estimate of drug-likeness (QED) is 0.136. The maximum absolute atomic E-state index is 8.93. The van der Waals surface area contributed by atoms with Gasteiger partial charge in [-0.25, -0.2) is 0 Å². The van der Waals surface area contributed by atoms with Crippen molar-refractivity contribution in [2.75, 3.05) is 0 Å². The molecule has 0 aromatic carbocycles. The van der Waals surface area contributed by atoms with Crippen molar-refractivity contribution >= 4 is 33.6 Å². The summed E-state index contributed by atoms with van der Waals surface area (Å²) in [4.78, 5) is 75.3. The van der Waals surface area contributed by atoms with E-state index in [1.165, 1.54) is 0 Å². The third kappa shape index (κ3) is 679. The molecule has 0 heterocycles. The van der Waals surface area contributed by atoms with E-state index in [9.17, 15) is 0 Å². The minimum atomic E-state index is -5.39. The maximum atomic E-state index is 8.93. The van der Waals surface area contributed by atoms with E-state index in [4.69, 9.17) is 68.2 Å². The van der Waals surface area contributed by atoms with E-state index < -0.39 is 33.6 Å². The summed E-state index contributed by atoms with van der Waals surface area (Å²) in [6, 6.07) is 0. The van der Waals surface area contributed by atoms with Crippen molar-refractivity contribution in [1.29, 1.82) is 0 Å². The van der Waals surface area contributed by atoms with Crippen molar-refractivity contribution in [2.24, 2.45) is 0 Å². The number of aliphatic carboxylic acids is 3. The number of carbonyl (C=O) groups is 3. The van der Waals surface area contributed by atoms with E-state index in [0.29, 0.717) is 0 Å². The van der Waals surface area contributed by atoms with Crippen LogP contribution in [0.15, 0.2) is 0 Å². The van der Waals surface area contributed by atoms with Gasteiger partial charge in [0, 0.05) is 5.97 Å². The minimum Gasteiger partial charge on any atom is -0.822 e. The van der Waals surface area contributed by atoms with Gasteiger partial charge in [-0.2, -0.15) is 7.82 Å². The Balaban J connectivity index is -0.0000000184. The Morgan fingerprint density at radius 2 is 0.840 bits per heavy atom. The van der Waals surface area contributed by atoms with Gasteiger partial charge in [0.1, 0.15) is 0 Å². The summed E-state index contributed by atoms with van der Waals surface area (Å²) in [6.07, 6.45) is 0. The number of carbonyl (C=O) groups excluding carboxylic acids is 3. The van der Waals surface area contributed by atoms with Gasteiger partial charge in [0.05, 0.1) is 11.9 Å². The van der Waals surface area contributed by atoms with Crippen LogP contribution in [-0.2, 0) is 57.7 Å². The summed E-state index contributed by atoms with van der Waals surface area (Å²) >= 11 is 0. The molecule has 0 fully saturated rings. The second-order valence-corrected chi connectivity index (χ2v) is 3.88. The summed E-state index contributed by atoms with van der Waals surface area (Å²) in [6.45, 7) is 0.972. The standard InChI is InChI=1S/C2H2O4.C2H4O2.Cu.Fe.Li.2H3N.2H3O4P/c3-1(4)2(5)6;1-2(3)4;;;;;;2*1-5(2,3)4/h(H,3,4)(H,5,6);1H3,(H,3,4);;;;2*1H3;2*(H3,1,2,3,4)/q;;2*+2;+1;;;;/p-5. The average Bonchev–Trinajstić information content (AvgIpc) is 1.94. The Morgan fingerprint density at radius 3 is 0.840 bits per heavy atom. The van der Waals surface area contributed by atoms with Crippen LogP contribution < -0.4 is 66.1 Å². The van der Waals surface area contributed by atoms with Crippen LogP contribution in [0.1, 0.15) is 6.92 Å². The second-order valence-electron chi connectivity index (χ2n) is 2.00. The Bertz CT molecular complexity index is 361. The number of hydrogen-bond donors (Lipinski definition) is 4. The first-order valence-corrected chi connectivity index (χ1v) is 6.46. The van der Waals surface area contributed by atoms with Gasteiger partial charge < -0.3 is 75.9 Å². The van der Waals surface area contributed by atoms with Gasteiger partial charge in [0.25, 0.3) is 7.82 Å². The van der Waals surface area contributed by atoms with Crippen LogP contribution in [-0.4, -0.2) is 27.7 Å². The third-order valence-electron chi connectivity index (χ3n) is 0.167. The molecule has 0 aromatic heterocycles. The molecular weight excluding hydrogens is 488 g/mol. The first kappa shape index (κ1) is 56.2. The number of rotatable bonds is 0. The van der Waals surface area contributed by atoms with E-state index in [1.54, 1.807) is 0 Å². The molecule has 25 heavy (non-hydrogen) atoms. The SMILES string of the molecule is CC(=O)[O-].O=C([O-])C(=O)[O-].O=P([O-])(O)O.O=P([O-])([O-])[O-].[Cu+2].[Fe+2].[Li+].[NH4+].[NH4+]. The van der Waals surface area contributed by atoms with E-state index in [0.717, 1.165) is 6.92 Å². The van der Waals surface area contributed by atoms with Gasteiger partial charge in [-0.05, 0) is 6.92 Å². The Kier molecular flexibility index (Phi) is 65.2. The van der Waals surface area contributed by atoms with Crippen LogP contribution >= 0.6 is 15.6 Å². The largest absolute Gasteiger partial charge is 2.00 e. The Hall–Kier alpha value is 0.186. The zero-order valence-electron chi connectivity index (χ0n) is 12.8. The van der Waals surface area contributed by atoms with Gasteiger partial charge in [0.2, 0.25) is 0 Å². The van der Waals surface area contributed by atoms with Crippen molar-refractivity contribution in [3.8, 4) is 0 Å². The number of carboxylic acids is 3. The molecule has 0 amide bonds. The molecule has 21 heteroatoms. The van der Waals surface area contributed by atoms with Gasteiger partial charge in [0.15, 0.2) is 0 Å². The first-order chi connectivity index (χ1) is 8.37. The molecule has 0 atom stereocenters. The minimum absolute atomic E-state index is 0. The van der Waals surface area contributed by atoms with E-state index >= 15 is 0 Å². The molecule has 0 saturated carbocycles. The molecule has 0 aromatic rings. The summed E-state index contributed by atoms with van der Waals surface area (Å²) in [5.74, 6) is -5.45. The number of quaternary nitrogens is 2. The normalized spacial score (nSPS) is 7.48. The topological polar surface area (TPSA) is 360 Å². The fourth-order valence-corrected chi connectivity index (χ4v) is 0. The van der Waals surface area contributed by atoms with Crippen molar-refractivity contribution in [1.82, 2.24) is 12.3 Å². The van der Waals surface area contributed by atoms with Gasteiger partial charge in [-0.15, -0.1) is 0 Å². The third-order valence-corrected chi connectivity index (χ3v) is 0.167. The Morgan fingerprint density at radius 1 is 0.800 bits per heavy atom. The molecular formula is C4H13CuFeLiN2O14P2. The predicted molar refractivity (Wildman–Crippen MR) is 52.3 cm³/mol. The van der Waals surface area contributed by atoms with Crippen LogP contribution in [0, 0.1) is 0 Å². The number of phosphoric acid groups is 2. The molecule has 0 unspecified atom stereocenters. The summed E-state index contributed by atoms with van der Waals surface area (Å²) < 4.78 is 17.3. The van der Waals surface area contributed by atoms with Gasteiger partial charge in [-0.3, -0.25) is 4.57 Å². The van der Waals surface area contributed by atoms with Crippen molar-refractivity contribution < 1.29 is 121 Å². The van der Waals surface area contributed by atoms with E-state index in [2.05, 4.69) is 0 Å². The molecule has 0 aliphatic rings. The summed E-state index contributed by atoms with van der Waals surface area (Å²) in [7, 11) is -10.3. The fraction of sp³-hybridized carbons (Fsp3) is 0.250. The van der Waals surface area contributed by atoms with Crippen LogP contribution in [0.25, 0.3) is 0 Å². The number of hydrogen-bond acceptors (Lipinski definition) is 12. The Labute approximate surface area is 173 Å². The maximum Gasteiger partial charge on any atom is 2.00 e. The molecule has 153 valence electrons. The fourth-order valence-electron chi connectivity index (χ4n) is 0. The van der Waals surface area contributed by atoms with Crippen molar-refractivity contribution in [3.05, 3.63) is 0 Å². The molecule has 10 N–H and O–H groups in total. The van der Waals surface area contributed by atoms with Crippen LogP contribution in [0.4, 0.5) is 0 Å². The molecule has 1 radical (unpaired) electrons. The molecule has 0 aliphatic carbocycles. The molecule has 0 bridgehead atoms. The van der Waals surface area contributed by atoms with Crippen LogP contribution in [0.2, 0.25) is 0 Å². The predicted octanol–water partition coefficient (Wildman–Crippen LogP) is -11.4. The molecule has 16 nitrogen and oxygen atoms in total. The monoisotopic (exact) mass is 501 g/mol. The van der Waals surface area contributed by atoms with Gasteiger partial charge in [-0.1, -0.05) is 0 Å². The molecule has 0 spiro atoms. The molecule has 0 saturated heterocycles. The van der Waals surface area contributed by atoms with E-state index in [1.807, 2.05) is 0 Å². The zero-order chi connectivity index (χ0) is 17.7. The number of carboxylic acid groups (broad SMARTS) is 3. The average molecular weight is 501 g/mol. The van der Waals surface area contributed by atoms with Crippen molar-refractivity contribution in [2.45, 2.75) is 6.92 Å². The summed E-state index contributed by atoms with van der Waals surface area (Å²) in [5, 5.41) is 26.7. The van der Waals surface area contributed by atoms with E-state index in [-0.39, 0.29) is 65.3 Å². The second kappa shape index (κ2) is 29.0. The first-order valence-electron chi connectivity index (χ1n) is 3.47. The molecule has 0 rings (SSSR count). The van der Waals surface area contributed by atoms with Gasteiger partial charge >= 0.3 is 53.0 Å². The van der Waals surface area contributed by atoms with Crippen molar-refractivity contribution in [3.63, 3.8) is 0 Å². The molecule has 0 aliphatic heterocycles. The zero-order valence-corrected chi connectivity index (χ0v) is 16.7. The smallest absolute Gasteiger partial charge is 0.822 e.